The lowest BCUT2D eigenvalue weighted by atomic mass is 9.75. The molecule has 130 valence electrons. The van der Waals surface area contributed by atoms with Crippen LogP contribution < -0.4 is 9.84 Å². The zero-order chi connectivity index (χ0) is 17.1. The summed E-state index contributed by atoms with van der Waals surface area (Å²) in [4.78, 5) is 10.7. The second-order valence-electron chi connectivity index (χ2n) is 6.39. The SMILES string of the molecule is CCC(CC)(CC)CCCCCCOc1ccc(C(=O)[O-])cc1. The lowest BCUT2D eigenvalue weighted by Crippen LogP contribution is -2.21. The summed E-state index contributed by atoms with van der Waals surface area (Å²) in [6, 6.07) is 6.40. The molecular weight excluding hydrogens is 288 g/mol. The summed E-state index contributed by atoms with van der Waals surface area (Å²) in [6.07, 6.45) is 9.97. The third kappa shape index (κ3) is 6.64. The van der Waals surface area contributed by atoms with Crippen LogP contribution in [0, 0.1) is 5.41 Å². The van der Waals surface area contributed by atoms with E-state index in [1.54, 1.807) is 12.1 Å². The molecule has 0 bridgehead atoms. The molecule has 0 heterocycles. The highest BCUT2D eigenvalue weighted by atomic mass is 16.5. The molecular formula is C20H31O3-. The predicted octanol–water partition coefficient (Wildman–Crippen LogP) is 4.60. The minimum Gasteiger partial charge on any atom is -0.545 e. The summed E-state index contributed by atoms with van der Waals surface area (Å²) < 4.78 is 5.64. The van der Waals surface area contributed by atoms with Crippen molar-refractivity contribution in [3.63, 3.8) is 0 Å². The van der Waals surface area contributed by atoms with E-state index >= 15 is 0 Å². The molecule has 3 heteroatoms. The fourth-order valence-electron chi connectivity index (χ4n) is 3.11. The van der Waals surface area contributed by atoms with Crippen molar-refractivity contribution in [1.29, 1.82) is 0 Å². The summed E-state index contributed by atoms with van der Waals surface area (Å²) in [5, 5.41) is 10.7. The summed E-state index contributed by atoms with van der Waals surface area (Å²) in [6.45, 7) is 7.62. The lowest BCUT2D eigenvalue weighted by molar-refractivity contribution is -0.255. The molecule has 0 aromatic heterocycles. The Balaban J connectivity index is 2.15. The van der Waals surface area contributed by atoms with Crippen LogP contribution in [-0.4, -0.2) is 12.6 Å². The zero-order valence-corrected chi connectivity index (χ0v) is 14.9. The predicted molar refractivity (Wildman–Crippen MR) is 92.7 cm³/mol. The molecule has 0 aliphatic heterocycles. The molecule has 0 unspecified atom stereocenters. The second kappa shape index (κ2) is 10.3. The number of carbonyl (C=O) groups is 1. The maximum Gasteiger partial charge on any atom is 0.119 e. The molecule has 0 N–H and O–H groups in total. The van der Waals surface area contributed by atoms with Crippen LogP contribution in [0.4, 0.5) is 0 Å². The smallest absolute Gasteiger partial charge is 0.119 e. The van der Waals surface area contributed by atoms with Crippen molar-refractivity contribution in [2.24, 2.45) is 5.41 Å². The molecule has 3 nitrogen and oxygen atoms in total. The maximum atomic E-state index is 10.7. The van der Waals surface area contributed by atoms with Crippen LogP contribution >= 0.6 is 0 Å². The summed E-state index contributed by atoms with van der Waals surface area (Å²) >= 11 is 0. The van der Waals surface area contributed by atoms with Gasteiger partial charge < -0.3 is 14.6 Å². The summed E-state index contributed by atoms with van der Waals surface area (Å²) in [5.74, 6) is -0.434. The van der Waals surface area contributed by atoms with Crippen molar-refractivity contribution in [3.8, 4) is 5.75 Å². The molecule has 0 spiro atoms. The zero-order valence-electron chi connectivity index (χ0n) is 14.9. The van der Waals surface area contributed by atoms with Crippen LogP contribution in [-0.2, 0) is 0 Å². The second-order valence-corrected chi connectivity index (χ2v) is 6.39. The Labute approximate surface area is 141 Å². The molecule has 0 saturated heterocycles. The van der Waals surface area contributed by atoms with Crippen molar-refractivity contribution in [2.75, 3.05) is 6.61 Å². The van der Waals surface area contributed by atoms with Crippen molar-refractivity contribution in [2.45, 2.75) is 72.1 Å². The molecule has 1 aromatic carbocycles. The highest BCUT2D eigenvalue weighted by molar-refractivity contribution is 5.85. The van der Waals surface area contributed by atoms with Gasteiger partial charge in [0.25, 0.3) is 0 Å². The number of ether oxygens (including phenoxy) is 1. The molecule has 0 fully saturated rings. The largest absolute Gasteiger partial charge is 0.545 e. The average Bonchev–Trinajstić information content (AvgIpc) is 2.58. The van der Waals surface area contributed by atoms with E-state index < -0.39 is 5.97 Å². The van der Waals surface area contributed by atoms with E-state index in [-0.39, 0.29) is 5.56 Å². The van der Waals surface area contributed by atoms with Crippen LogP contribution in [0.3, 0.4) is 0 Å². The maximum absolute atomic E-state index is 10.7. The topological polar surface area (TPSA) is 49.4 Å². The van der Waals surface area contributed by atoms with E-state index in [1.807, 2.05) is 0 Å². The van der Waals surface area contributed by atoms with Crippen LogP contribution in [0.1, 0.15) is 82.5 Å². The highest BCUT2D eigenvalue weighted by Crippen LogP contribution is 2.36. The molecule has 0 aliphatic carbocycles. The molecule has 0 aliphatic rings. The number of hydrogen-bond acceptors (Lipinski definition) is 3. The van der Waals surface area contributed by atoms with Gasteiger partial charge in [0.2, 0.25) is 0 Å². The summed E-state index contributed by atoms with van der Waals surface area (Å²) in [7, 11) is 0. The van der Waals surface area contributed by atoms with E-state index in [0.717, 1.165) is 12.2 Å². The average molecular weight is 319 g/mol. The number of benzene rings is 1. The molecule has 0 atom stereocenters. The van der Waals surface area contributed by atoms with Gasteiger partial charge in [0, 0.05) is 0 Å². The number of rotatable bonds is 12. The Morgan fingerprint density at radius 2 is 1.52 bits per heavy atom. The quantitative estimate of drug-likeness (QED) is 0.529. The van der Waals surface area contributed by atoms with Crippen molar-refractivity contribution in [3.05, 3.63) is 29.8 Å². The Morgan fingerprint density at radius 1 is 0.957 bits per heavy atom. The first-order valence-electron chi connectivity index (χ1n) is 9.01. The van der Waals surface area contributed by atoms with E-state index in [4.69, 9.17) is 4.74 Å². The van der Waals surface area contributed by atoms with Crippen LogP contribution in [0.5, 0.6) is 5.75 Å². The van der Waals surface area contributed by atoms with Gasteiger partial charge in [-0.15, -0.1) is 0 Å². The van der Waals surface area contributed by atoms with Gasteiger partial charge >= 0.3 is 0 Å². The van der Waals surface area contributed by atoms with Gasteiger partial charge in [-0.25, -0.2) is 0 Å². The first-order valence-corrected chi connectivity index (χ1v) is 9.01. The first-order chi connectivity index (χ1) is 11.1. The van der Waals surface area contributed by atoms with E-state index in [9.17, 15) is 9.90 Å². The molecule has 0 radical (unpaired) electrons. The Kier molecular flexibility index (Phi) is 8.75. The van der Waals surface area contributed by atoms with E-state index in [0.29, 0.717) is 12.0 Å². The van der Waals surface area contributed by atoms with Crippen molar-refractivity contribution < 1.29 is 14.6 Å². The van der Waals surface area contributed by atoms with Gasteiger partial charge in [0.05, 0.1) is 12.6 Å². The van der Waals surface area contributed by atoms with E-state index in [2.05, 4.69) is 20.8 Å². The monoisotopic (exact) mass is 319 g/mol. The first kappa shape index (κ1) is 19.5. The standard InChI is InChI=1S/C20H32O3/c1-4-20(5-2,6-3)15-9-7-8-10-16-23-18-13-11-17(12-14-18)19(21)22/h11-14H,4-10,15-16H2,1-3H3,(H,21,22)/p-1. The van der Waals surface area contributed by atoms with Crippen molar-refractivity contribution >= 4 is 5.97 Å². The number of aromatic carboxylic acids is 1. The normalized spacial score (nSPS) is 11.4. The van der Waals surface area contributed by atoms with E-state index in [1.165, 1.54) is 57.1 Å². The number of carboxylic acids is 1. The molecule has 23 heavy (non-hydrogen) atoms. The highest BCUT2D eigenvalue weighted by Gasteiger charge is 2.22. The summed E-state index contributed by atoms with van der Waals surface area (Å²) in [5.41, 5.74) is 0.737. The van der Waals surface area contributed by atoms with Gasteiger partial charge in [0.1, 0.15) is 5.75 Å². The van der Waals surface area contributed by atoms with Gasteiger partial charge in [0.15, 0.2) is 0 Å². The minimum absolute atomic E-state index is 0.184. The van der Waals surface area contributed by atoms with Crippen LogP contribution in [0.25, 0.3) is 0 Å². The fourth-order valence-corrected chi connectivity index (χ4v) is 3.11. The van der Waals surface area contributed by atoms with Gasteiger partial charge in [-0.2, -0.15) is 0 Å². The molecule has 1 rings (SSSR count). The Bertz CT molecular complexity index is 438. The molecule has 0 saturated carbocycles. The number of carboxylic acid groups (broad SMARTS) is 1. The van der Waals surface area contributed by atoms with Gasteiger partial charge in [-0.05, 0) is 48.1 Å². The van der Waals surface area contributed by atoms with Crippen molar-refractivity contribution in [1.82, 2.24) is 0 Å². The van der Waals surface area contributed by atoms with Crippen LogP contribution in [0.15, 0.2) is 24.3 Å². The lowest BCUT2D eigenvalue weighted by Gasteiger charge is -2.30. The Hall–Kier alpha value is -1.51. The van der Waals surface area contributed by atoms with Gasteiger partial charge in [-0.1, -0.05) is 59.3 Å². The number of carbonyl (C=O) groups excluding carboxylic acids is 1. The number of hydrogen-bond donors (Lipinski definition) is 0. The fraction of sp³-hybridized carbons (Fsp3) is 0.650. The molecule has 0 amide bonds. The number of unbranched alkanes of at least 4 members (excludes halogenated alkanes) is 3. The third-order valence-electron chi connectivity index (χ3n) is 5.21. The Morgan fingerprint density at radius 3 is 2.04 bits per heavy atom. The molecule has 1 aromatic rings. The van der Waals surface area contributed by atoms with Gasteiger partial charge in [-0.3, -0.25) is 0 Å². The minimum atomic E-state index is -1.15. The van der Waals surface area contributed by atoms with Crippen LogP contribution in [0.2, 0.25) is 0 Å². The third-order valence-corrected chi connectivity index (χ3v) is 5.21.